The average Bonchev–Trinajstić information content (AvgIpc) is 2.79. The molecule has 0 aliphatic heterocycles. The van der Waals surface area contributed by atoms with E-state index in [0.717, 1.165) is 24.0 Å². The van der Waals surface area contributed by atoms with Gasteiger partial charge in [0.05, 0.1) is 4.90 Å². The van der Waals surface area contributed by atoms with Crippen molar-refractivity contribution in [3.05, 3.63) is 102 Å². The molecule has 0 spiro atoms. The summed E-state index contributed by atoms with van der Waals surface area (Å²) in [5.74, 6) is -0.329. The Bertz CT molecular complexity index is 1100. The van der Waals surface area contributed by atoms with E-state index in [4.69, 9.17) is 0 Å². The van der Waals surface area contributed by atoms with E-state index in [1.54, 1.807) is 24.3 Å². The third-order valence-electron chi connectivity index (χ3n) is 5.33. The van der Waals surface area contributed by atoms with Crippen LogP contribution in [0.15, 0.2) is 89.8 Å². The molecule has 2 N–H and O–H groups in total. The number of rotatable bonds is 10. The number of carbonyl (C=O) groups excluding carboxylic acids is 1. The van der Waals surface area contributed by atoms with E-state index in [1.165, 1.54) is 5.56 Å². The quantitative estimate of drug-likeness (QED) is 0.490. The lowest BCUT2D eigenvalue weighted by Gasteiger charge is -2.22. The van der Waals surface area contributed by atoms with Crippen LogP contribution in [0.5, 0.6) is 0 Å². The van der Waals surface area contributed by atoms with Gasteiger partial charge in [-0.1, -0.05) is 78.4 Å². The minimum Gasteiger partial charge on any atom is -0.352 e. The van der Waals surface area contributed by atoms with Crippen molar-refractivity contribution in [3.8, 4) is 0 Å². The highest BCUT2D eigenvalue weighted by atomic mass is 32.2. The molecule has 3 aromatic rings. The number of aryl methyl sites for hydroxylation is 2. The summed E-state index contributed by atoms with van der Waals surface area (Å²) in [4.78, 5) is 13.2. The zero-order valence-corrected chi connectivity index (χ0v) is 19.3. The normalized spacial score (nSPS) is 13.3. The summed E-state index contributed by atoms with van der Waals surface area (Å²) >= 11 is 0. The van der Waals surface area contributed by atoms with E-state index >= 15 is 0 Å². The Balaban J connectivity index is 1.71. The monoisotopic (exact) mass is 450 g/mol. The molecule has 168 valence electrons. The lowest BCUT2D eigenvalue weighted by molar-refractivity contribution is -0.123. The van der Waals surface area contributed by atoms with Gasteiger partial charge in [0.15, 0.2) is 0 Å². The van der Waals surface area contributed by atoms with Crippen molar-refractivity contribution < 1.29 is 13.2 Å². The van der Waals surface area contributed by atoms with Crippen molar-refractivity contribution in [2.75, 3.05) is 0 Å². The van der Waals surface area contributed by atoms with Gasteiger partial charge < -0.3 is 5.32 Å². The second-order valence-electron chi connectivity index (χ2n) is 8.11. The summed E-state index contributed by atoms with van der Waals surface area (Å²) in [5, 5.41) is 2.99. The molecule has 6 heteroatoms. The number of benzene rings is 3. The van der Waals surface area contributed by atoms with Crippen LogP contribution in [0.4, 0.5) is 0 Å². The predicted octanol–water partition coefficient (Wildman–Crippen LogP) is 4.02. The van der Waals surface area contributed by atoms with E-state index in [1.807, 2.05) is 62.4 Å². The van der Waals surface area contributed by atoms with Crippen LogP contribution in [0, 0.1) is 6.92 Å². The zero-order chi connectivity index (χ0) is 23.0. The second-order valence-corrected chi connectivity index (χ2v) is 9.82. The first-order valence-electron chi connectivity index (χ1n) is 10.8. The minimum atomic E-state index is -3.84. The molecule has 3 aromatic carbocycles. The molecular formula is C26H30N2O3S. The zero-order valence-electron chi connectivity index (χ0n) is 18.5. The summed E-state index contributed by atoms with van der Waals surface area (Å²) in [6.45, 7) is 3.83. The number of amides is 1. The molecule has 5 nitrogen and oxygen atoms in total. The fourth-order valence-electron chi connectivity index (χ4n) is 3.45. The van der Waals surface area contributed by atoms with E-state index in [0.29, 0.717) is 0 Å². The van der Waals surface area contributed by atoms with E-state index in [2.05, 4.69) is 22.2 Å². The van der Waals surface area contributed by atoms with Gasteiger partial charge in [-0.05, 0) is 56.4 Å². The van der Waals surface area contributed by atoms with Crippen LogP contribution in [-0.4, -0.2) is 26.4 Å². The van der Waals surface area contributed by atoms with Gasteiger partial charge in [0, 0.05) is 6.04 Å². The Kier molecular flexibility index (Phi) is 8.20. The molecule has 0 unspecified atom stereocenters. The highest BCUT2D eigenvalue weighted by Gasteiger charge is 2.27. The van der Waals surface area contributed by atoms with E-state index in [9.17, 15) is 13.2 Å². The van der Waals surface area contributed by atoms with Crippen molar-refractivity contribution in [2.24, 2.45) is 0 Å². The van der Waals surface area contributed by atoms with Gasteiger partial charge in [0.2, 0.25) is 15.9 Å². The first-order chi connectivity index (χ1) is 15.3. The Morgan fingerprint density at radius 3 is 2.00 bits per heavy atom. The first-order valence-corrected chi connectivity index (χ1v) is 12.3. The molecule has 0 fully saturated rings. The van der Waals surface area contributed by atoms with Gasteiger partial charge in [-0.25, -0.2) is 8.42 Å². The lowest BCUT2D eigenvalue weighted by Crippen LogP contribution is -2.50. The highest BCUT2D eigenvalue weighted by molar-refractivity contribution is 7.89. The van der Waals surface area contributed by atoms with Crippen LogP contribution in [0.25, 0.3) is 0 Å². The topological polar surface area (TPSA) is 75.3 Å². The summed E-state index contributed by atoms with van der Waals surface area (Å²) in [5.41, 5.74) is 3.06. The van der Waals surface area contributed by atoms with Gasteiger partial charge in [-0.3, -0.25) is 4.79 Å². The molecule has 0 aromatic heterocycles. The molecule has 1 amide bonds. The Hall–Kier alpha value is -2.96. The number of hydrogen-bond donors (Lipinski definition) is 2. The first kappa shape index (κ1) is 23.7. The van der Waals surface area contributed by atoms with Crippen LogP contribution in [0.2, 0.25) is 0 Å². The molecule has 0 saturated heterocycles. The van der Waals surface area contributed by atoms with Gasteiger partial charge >= 0.3 is 0 Å². The molecule has 0 bridgehead atoms. The molecule has 32 heavy (non-hydrogen) atoms. The standard InChI is InChI=1S/C26H30N2O3S/c1-20-13-17-24(18-14-20)32(30,31)28-25(19-23-11-7-4-8-12-23)26(29)27-21(2)15-16-22-9-5-3-6-10-22/h3-14,17-18,21,25,28H,15-16,19H2,1-2H3,(H,27,29)/t21-,25-/m1/s1. The number of carbonyl (C=O) groups is 1. The maximum atomic E-state index is 13.1. The second kappa shape index (κ2) is 11.1. The maximum absolute atomic E-state index is 13.1. The van der Waals surface area contributed by atoms with Gasteiger partial charge in [0.25, 0.3) is 0 Å². The summed E-state index contributed by atoms with van der Waals surface area (Å²) in [6.07, 6.45) is 1.86. The maximum Gasteiger partial charge on any atom is 0.241 e. The fourth-order valence-corrected chi connectivity index (χ4v) is 4.65. The predicted molar refractivity (Wildman–Crippen MR) is 128 cm³/mol. The van der Waals surface area contributed by atoms with Crippen molar-refractivity contribution in [3.63, 3.8) is 0 Å². The van der Waals surface area contributed by atoms with Crippen LogP contribution >= 0.6 is 0 Å². The SMILES string of the molecule is Cc1ccc(S(=O)(=O)N[C@H](Cc2ccccc2)C(=O)N[C@H](C)CCc2ccccc2)cc1. The average molecular weight is 451 g/mol. The van der Waals surface area contributed by atoms with Gasteiger partial charge in [0.1, 0.15) is 6.04 Å². The molecule has 0 radical (unpaired) electrons. The van der Waals surface area contributed by atoms with E-state index in [-0.39, 0.29) is 23.3 Å². The highest BCUT2D eigenvalue weighted by Crippen LogP contribution is 2.13. The van der Waals surface area contributed by atoms with Crippen LogP contribution in [0.1, 0.15) is 30.0 Å². The third-order valence-corrected chi connectivity index (χ3v) is 6.81. The van der Waals surface area contributed by atoms with Crippen LogP contribution < -0.4 is 10.0 Å². The molecule has 3 rings (SSSR count). The Morgan fingerprint density at radius 1 is 0.844 bits per heavy atom. The molecule has 0 heterocycles. The molecule has 2 atom stereocenters. The summed E-state index contributed by atoms with van der Waals surface area (Å²) in [7, 11) is -3.84. The van der Waals surface area contributed by atoms with Crippen molar-refractivity contribution >= 4 is 15.9 Å². The molecule has 0 saturated carbocycles. The smallest absolute Gasteiger partial charge is 0.241 e. The number of sulfonamides is 1. The fraction of sp³-hybridized carbons (Fsp3) is 0.269. The molecule has 0 aliphatic rings. The van der Waals surface area contributed by atoms with Crippen LogP contribution in [-0.2, 0) is 27.7 Å². The number of hydrogen-bond acceptors (Lipinski definition) is 3. The Labute approximate surface area is 190 Å². The Morgan fingerprint density at radius 2 is 1.41 bits per heavy atom. The van der Waals surface area contributed by atoms with E-state index < -0.39 is 16.1 Å². The molecular weight excluding hydrogens is 420 g/mol. The largest absolute Gasteiger partial charge is 0.352 e. The van der Waals surface area contributed by atoms with Crippen molar-refractivity contribution in [1.29, 1.82) is 0 Å². The third kappa shape index (κ3) is 7.04. The minimum absolute atomic E-state index is 0.0927. The lowest BCUT2D eigenvalue weighted by atomic mass is 10.0. The van der Waals surface area contributed by atoms with Gasteiger partial charge in [-0.15, -0.1) is 0 Å². The molecule has 0 aliphatic carbocycles. The van der Waals surface area contributed by atoms with Crippen molar-refractivity contribution in [2.45, 2.75) is 50.1 Å². The van der Waals surface area contributed by atoms with Crippen molar-refractivity contribution in [1.82, 2.24) is 10.0 Å². The van der Waals surface area contributed by atoms with Gasteiger partial charge in [-0.2, -0.15) is 4.72 Å². The number of nitrogens with one attached hydrogen (secondary N) is 2. The summed E-state index contributed by atoms with van der Waals surface area (Å²) in [6, 6.07) is 25.1. The summed E-state index contributed by atoms with van der Waals surface area (Å²) < 4.78 is 28.5. The van der Waals surface area contributed by atoms with Crippen LogP contribution in [0.3, 0.4) is 0 Å².